The van der Waals surface area contributed by atoms with Gasteiger partial charge in [-0.3, -0.25) is 14.4 Å². The van der Waals surface area contributed by atoms with Gasteiger partial charge in [0.2, 0.25) is 11.8 Å². The van der Waals surface area contributed by atoms with E-state index in [9.17, 15) is 19.5 Å². The monoisotopic (exact) mass is 626 g/mol. The molecular weight excluding hydrogens is 580 g/mol. The van der Waals surface area contributed by atoms with Gasteiger partial charge in [-0.1, -0.05) is 103 Å². The Bertz CT molecular complexity index is 1380. The van der Waals surface area contributed by atoms with Crippen LogP contribution in [-0.4, -0.2) is 55.3 Å². The molecule has 1 aliphatic heterocycles. The van der Waals surface area contributed by atoms with Gasteiger partial charge in [0.15, 0.2) is 0 Å². The van der Waals surface area contributed by atoms with E-state index in [4.69, 9.17) is 9.47 Å². The van der Waals surface area contributed by atoms with Crippen LogP contribution in [0.25, 0.3) is 0 Å². The number of nitrogens with one attached hydrogen (secondary N) is 2. The normalized spacial score (nSPS) is 21.8. The highest BCUT2D eigenvalue weighted by atomic mass is 16.5. The quantitative estimate of drug-likeness (QED) is 0.201. The molecule has 0 spiro atoms. The predicted octanol–water partition coefficient (Wildman–Crippen LogP) is 5.12. The third kappa shape index (κ3) is 11.0. The van der Waals surface area contributed by atoms with Crippen LogP contribution in [0.15, 0.2) is 103 Å². The van der Waals surface area contributed by atoms with Crippen LogP contribution in [0.3, 0.4) is 0 Å². The van der Waals surface area contributed by atoms with E-state index >= 15 is 0 Å². The second kappa shape index (κ2) is 18.6. The van der Waals surface area contributed by atoms with Crippen molar-refractivity contribution in [2.24, 2.45) is 11.8 Å². The molecule has 2 amide bonds. The zero-order chi connectivity index (χ0) is 32.6. The molecule has 8 heteroatoms. The maximum Gasteiger partial charge on any atom is 0.309 e. The molecule has 46 heavy (non-hydrogen) atoms. The summed E-state index contributed by atoms with van der Waals surface area (Å²) in [6.07, 6.45) is 6.66. The summed E-state index contributed by atoms with van der Waals surface area (Å²) in [5, 5.41) is 15.9. The molecule has 3 aromatic rings. The van der Waals surface area contributed by atoms with Crippen LogP contribution in [0, 0.1) is 11.8 Å². The summed E-state index contributed by atoms with van der Waals surface area (Å²) < 4.78 is 11.8. The molecule has 0 fully saturated rings. The number of esters is 1. The predicted molar refractivity (Wildman–Crippen MR) is 178 cm³/mol. The van der Waals surface area contributed by atoms with Crippen LogP contribution in [0.4, 0.5) is 0 Å². The summed E-state index contributed by atoms with van der Waals surface area (Å²) in [6.45, 7) is -0.122. The number of cyclic esters (lactones) is 1. The Labute approximate surface area is 272 Å². The second-order valence-electron chi connectivity index (χ2n) is 11.9. The lowest BCUT2D eigenvalue weighted by atomic mass is 9.92. The van der Waals surface area contributed by atoms with Crippen LogP contribution < -0.4 is 10.6 Å². The highest BCUT2D eigenvalue weighted by Crippen LogP contribution is 2.27. The Balaban J connectivity index is 1.55. The third-order valence-electron chi connectivity index (χ3n) is 8.29. The fraction of sp³-hybridized carbons (Fsp3) is 0.395. The Morgan fingerprint density at radius 3 is 2.24 bits per heavy atom. The van der Waals surface area contributed by atoms with Gasteiger partial charge >= 0.3 is 5.97 Å². The van der Waals surface area contributed by atoms with Gasteiger partial charge < -0.3 is 25.2 Å². The lowest BCUT2D eigenvalue weighted by molar-refractivity contribution is -0.158. The molecule has 0 aliphatic carbocycles. The average molecular weight is 627 g/mol. The number of aliphatic hydroxyl groups is 1. The van der Waals surface area contributed by atoms with E-state index in [1.165, 1.54) is 7.11 Å². The van der Waals surface area contributed by atoms with E-state index in [1.807, 2.05) is 103 Å². The van der Waals surface area contributed by atoms with E-state index in [0.29, 0.717) is 25.7 Å². The summed E-state index contributed by atoms with van der Waals surface area (Å²) in [5.74, 6) is -2.00. The van der Waals surface area contributed by atoms with Crippen LogP contribution in [0.1, 0.15) is 54.9 Å². The summed E-state index contributed by atoms with van der Waals surface area (Å²) >= 11 is 0. The molecule has 5 atom stereocenters. The van der Waals surface area contributed by atoms with E-state index in [-0.39, 0.29) is 43.3 Å². The maximum atomic E-state index is 13.8. The van der Waals surface area contributed by atoms with Gasteiger partial charge in [0.1, 0.15) is 6.10 Å². The molecule has 3 N–H and O–H groups in total. The molecule has 244 valence electrons. The van der Waals surface area contributed by atoms with Gasteiger partial charge in [-0.05, 0) is 55.2 Å². The summed E-state index contributed by atoms with van der Waals surface area (Å²) in [5.41, 5.74) is 2.80. The molecule has 0 saturated heterocycles. The molecule has 1 aliphatic rings. The number of hydrogen-bond acceptors (Lipinski definition) is 6. The van der Waals surface area contributed by atoms with Crippen molar-refractivity contribution < 1.29 is 29.0 Å². The van der Waals surface area contributed by atoms with Crippen LogP contribution in [0.5, 0.6) is 0 Å². The zero-order valence-electron chi connectivity index (χ0n) is 26.6. The van der Waals surface area contributed by atoms with Crippen molar-refractivity contribution in [2.45, 2.75) is 63.1 Å². The number of carbonyl (C=O) groups is 3. The van der Waals surface area contributed by atoms with Gasteiger partial charge in [0.25, 0.3) is 0 Å². The van der Waals surface area contributed by atoms with E-state index in [2.05, 4.69) is 10.6 Å². The van der Waals surface area contributed by atoms with Gasteiger partial charge in [0.05, 0.1) is 37.1 Å². The van der Waals surface area contributed by atoms with Crippen molar-refractivity contribution in [3.05, 3.63) is 120 Å². The second-order valence-corrected chi connectivity index (χ2v) is 11.9. The minimum Gasteiger partial charge on any atom is -0.455 e. The lowest BCUT2D eigenvalue weighted by Crippen LogP contribution is -2.47. The minimum absolute atomic E-state index is 0.0594. The lowest BCUT2D eigenvalue weighted by Gasteiger charge is -2.31. The number of amides is 2. The maximum absolute atomic E-state index is 13.8. The molecular formula is C38H46N2O6. The number of benzene rings is 3. The molecule has 8 nitrogen and oxygen atoms in total. The highest BCUT2D eigenvalue weighted by molar-refractivity contribution is 5.86. The summed E-state index contributed by atoms with van der Waals surface area (Å²) in [7, 11) is 1.54. The number of rotatable bonds is 11. The van der Waals surface area contributed by atoms with E-state index < -0.39 is 24.1 Å². The Morgan fingerprint density at radius 1 is 0.935 bits per heavy atom. The number of carbonyl (C=O) groups excluding carboxylic acids is 3. The molecule has 0 aromatic heterocycles. The standard InChI is InChI=1S/C38H46N2O6/c1-45-27-34-36(30-19-13-6-14-20-30)46-38(44)32(23-28-15-7-4-8-16-28)22-12-3-2-11-21-31(37(43)40-34)25-35(42)39-33(26-41)24-29-17-9-5-10-18-29/h2,4-11,13-20,31-34,36,41H,3,12,21-27H2,1H3,(H,39,42)(H,40,43)/t31-,32-,33-,34+,36+/m1/s1. The number of aliphatic hydroxyl groups excluding tert-OH is 1. The van der Waals surface area contributed by atoms with Crippen LogP contribution >= 0.6 is 0 Å². The highest BCUT2D eigenvalue weighted by Gasteiger charge is 2.33. The molecule has 3 aromatic carbocycles. The molecule has 0 saturated carbocycles. The summed E-state index contributed by atoms with van der Waals surface area (Å²) in [6, 6.07) is 27.7. The average Bonchev–Trinajstić information content (AvgIpc) is 3.08. The number of methoxy groups -OCH3 is 1. The Kier molecular flexibility index (Phi) is 14.0. The van der Waals surface area contributed by atoms with Gasteiger partial charge in [0, 0.05) is 13.5 Å². The van der Waals surface area contributed by atoms with E-state index in [1.54, 1.807) is 0 Å². The first-order valence-corrected chi connectivity index (χ1v) is 16.1. The third-order valence-corrected chi connectivity index (χ3v) is 8.29. The fourth-order valence-corrected chi connectivity index (χ4v) is 5.85. The Morgan fingerprint density at radius 2 is 1.59 bits per heavy atom. The summed E-state index contributed by atoms with van der Waals surface area (Å²) in [4.78, 5) is 40.8. The van der Waals surface area contributed by atoms with Crippen molar-refractivity contribution in [1.82, 2.24) is 10.6 Å². The number of ether oxygens (including phenoxy) is 2. The van der Waals surface area contributed by atoms with E-state index in [0.717, 1.165) is 29.5 Å². The Hall–Kier alpha value is -4.27. The molecule has 4 rings (SSSR count). The SMILES string of the molecule is COC[C@@H]1NC(=O)[C@@H](CC(=O)N[C@@H](CO)Cc2ccccc2)CC=CCCC[C@H](Cc2ccccc2)C(=O)O[C@H]1c1ccccc1. The first-order chi connectivity index (χ1) is 22.5. The van der Waals surface area contributed by atoms with Crippen molar-refractivity contribution in [2.75, 3.05) is 20.3 Å². The number of allylic oxidation sites excluding steroid dienone is 2. The number of hydrogen-bond donors (Lipinski definition) is 3. The van der Waals surface area contributed by atoms with Crippen molar-refractivity contribution in [3.63, 3.8) is 0 Å². The van der Waals surface area contributed by atoms with Crippen molar-refractivity contribution in [1.29, 1.82) is 0 Å². The zero-order valence-corrected chi connectivity index (χ0v) is 26.6. The molecule has 1 heterocycles. The van der Waals surface area contributed by atoms with Gasteiger partial charge in [-0.2, -0.15) is 0 Å². The first kappa shape index (κ1) is 34.6. The van der Waals surface area contributed by atoms with Gasteiger partial charge in [-0.15, -0.1) is 0 Å². The fourth-order valence-electron chi connectivity index (χ4n) is 5.85. The molecule has 0 radical (unpaired) electrons. The first-order valence-electron chi connectivity index (χ1n) is 16.1. The van der Waals surface area contributed by atoms with Crippen LogP contribution in [0.2, 0.25) is 0 Å². The topological polar surface area (TPSA) is 114 Å². The molecule has 0 unspecified atom stereocenters. The molecule has 0 bridgehead atoms. The minimum atomic E-state index is -0.798. The largest absolute Gasteiger partial charge is 0.455 e. The van der Waals surface area contributed by atoms with Crippen molar-refractivity contribution >= 4 is 17.8 Å². The van der Waals surface area contributed by atoms with Crippen molar-refractivity contribution in [3.8, 4) is 0 Å². The van der Waals surface area contributed by atoms with Gasteiger partial charge in [-0.25, -0.2) is 0 Å². The van der Waals surface area contributed by atoms with Crippen LogP contribution in [-0.2, 0) is 36.7 Å². The smallest absolute Gasteiger partial charge is 0.309 e.